The first-order valence-electron chi connectivity index (χ1n) is 8.08. The van der Waals surface area contributed by atoms with Crippen LogP contribution in [-0.2, 0) is 12.3 Å². The van der Waals surface area contributed by atoms with Crippen LogP contribution in [0.4, 0.5) is 0 Å². The highest BCUT2D eigenvalue weighted by Crippen LogP contribution is 2.27. The molecule has 3 rings (SSSR count). The summed E-state index contributed by atoms with van der Waals surface area (Å²) in [4.78, 5) is 17.5. The van der Waals surface area contributed by atoms with Crippen molar-refractivity contribution in [1.82, 2.24) is 9.55 Å². The fraction of sp³-hybridized carbons (Fsp3) is 0.263. The van der Waals surface area contributed by atoms with Gasteiger partial charge in [-0.3, -0.25) is 9.36 Å². The van der Waals surface area contributed by atoms with Crippen LogP contribution < -0.4 is 10.3 Å². The lowest BCUT2D eigenvalue weighted by atomic mass is 10.2. The molecule has 0 N–H and O–H groups in total. The standard InChI is InChI=1S/C19H19ClN2O2S/c1-3-10-22-18(23)15-9-8-14(20)11-16(15)21-19(22)25-12-13-6-4-5-7-17(13)24-2/h4-9,11H,3,10,12H2,1-2H3. The Hall–Kier alpha value is -1.98. The summed E-state index contributed by atoms with van der Waals surface area (Å²) >= 11 is 7.60. The van der Waals surface area contributed by atoms with Crippen molar-refractivity contribution in [2.24, 2.45) is 0 Å². The fourth-order valence-corrected chi connectivity index (χ4v) is 3.85. The first-order valence-corrected chi connectivity index (χ1v) is 9.45. The topological polar surface area (TPSA) is 44.1 Å². The van der Waals surface area contributed by atoms with E-state index in [0.29, 0.717) is 33.4 Å². The zero-order valence-electron chi connectivity index (χ0n) is 14.2. The lowest BCUT2D eigenvalue weighted by Crippen LogP contribution is -2.23. The van der Waals surface area contributed by atoms with Gasteiger partial charge in [-0.1, -0.05) is 48.5 Å². The molecule has 0 aliphatic carbocycles. The van der Waals surface area contributed by atoms with Gasteiger partial charge in [0, 0.05) is 22.9 Å². The van der Waals surface area contributed by atoms with Gasteiger partial charge in [-0.25, -0.2) is 4.98 Å². The third-order valence-corrected chi connectivity index (χ3v) is 5.14. The molecule has 0 fully saturated rings. The minimum absolute atomic E-state index is 0.0222. The Kier molecular flexibility index (Phi) is 5.66. The smallest absolute Gasteiger partial charge is 0.262 e. The van der Waals surface area contributed by atoms with Crippen LogP contribution in [0.25, 0.3) is 10.9 Å². The summed E-state index contributed by atoms with van der Waals surface area (Å²) in [6.07, 6.45) is 0.864. The summed E-state index contributed by atoms with van der Waals surface area (Å²) in [5.74, 6) is 1.51. The van der Waals surface area contributed by atoms with Crippen molar-refractivity contribution in [2.45, 2.75) is 30.8 Å². The Morgan fingerprint density at radius 2 is 2.04 bits per heavy atom. The maximum Gasteiger partial charge on any atom is 0.262 e. The van der Waals surface area contributed by atoms with Crippen molar-refractivity contribution in [3.05, 3.63) is 63.4 Å². The molecule has 6 heteroatoms. The minimum Gasteiger partial charge on any atom is -0.496 e. The van der Waals surface area contributed by atoms with Gasteiger partial charge in [0.2, 0.25) is 0 Å². The van der Waals surface area contributed by atoms with Crippen LogP contribution in [-0.4, -0.2) is 16.7 Å². The molecule has 3 aromatic rings. The Bertz CT molecular complexity index is 956. The highest BCUT2D eigenvalue weighted by Gasteiger charge is 2.12. The number of ether oxygens (including phenoxy) is 1. The molecule has 0 unspecified atom stereocenters. The number of benzene rings is 2. The number of thioether (sulfide) groups is 1. The van der Waals surface area contributed by atoms with Crippen LogP contribution in [0.2, 0.25) is 5.02 Å². The number of hydrogen-bond acceptors (Lipinski definition) is 4. The predicted octanol–water partition coefficient (Wildman–Crippen LogP) is 4.76. The molecule has 0 bridgehead atoms. The molecule has 0 saturated carbocycles. The largest absolute Gasteiger partial charge is 0.496 e. The summed E-state index contributed by atoms with van der Waals surface area (Å²) in [6, 6.07) is 13.1. The van der Waals surface area contributed by atoms with Crippen LogP contribution in [0.15, 0.2) is 52.4 Å². The molecule has 0 aliphatic rings. The van der Waals surface area contributed by atoms with Gasteiger partial charge in [-0.2, -0.15) is 0 Å². The molecular formula is C19H19ClN2O2S. The van der Waals surface area contributed by atoms with Gasteiger partial charge >= 0.3 is 0 Å². The van der Waals surface area contributed by atoms with Crippen LogP contribution in [0.5, 0.6) is 5.75 Å². The minimum atomic E-state index is -0.0222. The molecule has 0 saturated heterocycles. The Balaban J connectivity index is 2.01. The average molecular weight is 375 g/mol. The van der Waals surface area contributed by atoms with Crippen molar-refractivity contribution in [1.29, 1.82) is 0 Å². The summed E-state index contributed by atoms with van der Waals surface area (Å²) < 4.78 is 7.15. The second-order valence-electron chi connectivity index (χ2n) is 5.61. The monoisotopic (exact) mass is 374 g/mol. The number of para-hydroxylation sites is 1. The quantitative estimate of drug-likeness (QED) is 0.461. The normalized spacial score (nSPS) is 11.0. The molecule has 130 valence electrons. The lowest BCUT2D eigenvalue weighted by Gasteiger charge is -2.13. The number of aromatic nitrogens is 2. The van der Waals surface area contributed by atoms with Crippen LogP contribution >= 0.6 is 23.4 Å². The van der Waals surface area contributed by atoms with E-state index in [1.165, 1.54) is 11.8 Å². The van der Waals surface area contributed by atoms with E-state index in [1.54, 1.807) is 29.9 Å². The fourth-order valence-electron chi connectivity index (χ4n) is 2.67. The number of rotatable bonds is 6. The van der Waals surface area contributed by atoms with E-state index < -0.39 is 0 Å². The maximum absolute atomic E-state index is 12.8. The average Bonchev–Trinajstić information content (AvgIpc) is 2.62. The molecule has 0 aliphatic heterocycles. The summed E-state index contributed by atoms with van der Waals surface area (Å²) in [5.41, 5.74) is 1.68. The first-order chi connectivity index (χ1) is 12.1. The molecular weight excluding hydrogens is 356 g/mol. The Morgan fingerprint density at radius 1 is 1.24 bits per heavy atom. The van der Waals surface area contributed by atoms with Gasteiger partial charge in [-0.15, -0.1) is 0 Å². The van der Waals surface area contributed by atoms with E-state index >= 15 is 0 Å². The maximum atomic E-state index is 12.8. The SMILES string of the molecule is CCCn1c(SCc2ccccc2OC)nc2cc(Cl)ccc2c1=O. The first kappa shape index (κ1) is 17.8. The molecule has 0 spiro atoms. The van der Waals surface area contributed by atoms with E-state index in [-0.39, 0.29) is 5.56 Å². The number of halogens is 1. The number of methoxy groups -OCH3 is 1. The molecule has 0 atom stereocenters. The molecule has 1 heterocycles. The van der Waals surface area contributed by atoms with Gasteiger partial charge in [0.15, 0.2) is 5.16 Å². The Labute approximate surface area is 155 Å². The molecule has 1 aromatic heterocycles. The Morgan fingerprint density at radius 3 is 2.80 bits per heavy atom. The van der Waals surface area contributed by atoms with Crippen LogP contribution in [0.1, 0.15) is 18.9 Å². The molecule has 25 heavy (non-hydrogen) atoms. The van der Waals surface area contributed by atoms with Crippen molar-refractivity contribution in [3.8, 4) is 5.75 Å². The third kappa shape index (κ3) is 3.83. The second kappa shape index (κ2) is 7.93. The van der Waals surface area contributed by atoms with Crippen LogP contribution in [0.3, 0.4) is 0 Å². The van der Waals surface area contributed by atoms with Gasteiger partial charge in [0.05, 0.1) is 18.0 Å². The molecule has 0 amide bonds. The highest BCUT2D eigenvalue weighted by molar-refractivity contribution is 7.98. The summed E-state index contributed by atoms with van der Waals surface area (Å²) in [5, 5.41) is 1.88. The number of nitrogens with zero attached hydrogens (tertiary/aromatic N) is 2. The van der Waals surface area contributed by atoms with E-state index in [9.17, 15) is 4.79 Å². The number of fused-ring (bicyclic) bond motifs is 1. The molecule has 4 nitrogen and oxygen atoms in total. The predicted molar refractivity (Wildman–Crippen MR) is 104 cm³/mol. The van der Waals surface area contributed by atoms with Crippen molar-refractivity contribution in [2.75, 3.05) is 7.11 Å². The van der Waals surface area contributed by atoms with Gasteiger partial charge in [0.25, 0.3) is 5.56 Å². The summed E-state index contributed by atoms with van der Waals surface area (Å²) in [6.45, 7) is 2.69. The van der Waals surface area contributed by atoms with E-state index in [4.69, 9.17) is 16.3 Å². The zero-order chi connectivity index (χ0) is 17.8. The van der Waals surface area contributed by atoms with Crippen LogP contribution in [0, 0.1) is 0 Å². The van der Waals surface area contributed by atoms with E-state index in [2.05, 4.69) is 4.98 Å². The number of hydrogen-bond donors (Lipinski definition) is 0. The third-order valence-electron chi connectivity index (χ3n) is 3.88. The van der Waals surface area contributed by atoms with E-state index in [0.717, 1.165) is 17.7 Å². The zero-order valence-corrected chi connectivity index (χ0v) is 15.7. The molecule has 2 aromatic carbocycles. The van der Waals surface area contributed by atoms with Gasteiger partial charge in [0.1, 0.15) is 5.75 Å². The highest BCUT2D eigenvalue weighted by atomic mass is 35.5. The second-order valence-corrected chi connectivity index (χ2v) is 6.99. The van der Waals surface area contributed by atoms with Crippen molar-refractivity contribution >= 4 is 34.3 Å². The van der Waals surface area contributed by atoms with Gasteiger partial charge < -0.3 is 4.74 Å². The van der Waals surface area contributed by atoms with E-state index in [1.807, 2.05) is 31.2 Å². The van der Waals surface area contributed by atoms with Crippen molar-refractivity contribution in [3.63, 3.8) is 0 Å². The molecule has 0 radical (unpaired) electrons. The summed E-state index contributed by atoms with van der Waals surface area (Å²) in [7, 11) is 1.66. The van der Waals surface area contributed by atoms with Crippen molar-refractivity contribution < 1.29 is 4.74 Å². The lowest BCUT2D eigenvalue weighted by molar-refractivity contribution is 0.411. The van der Waals surface area contributed by atoms with Gasteiger partial charge in [-0.05, 0) is 30.7 Å².